The molecule has 0 saturated heterocycles. The predicted octanol–water partition coefficient (Wildman–Crippen LogP) is 2.73. The Morgan fingerprint density at radius 3 is 2.64 bits per heavy atom. The molecule has 0 aliphatic carbocycles. The molecule has 80 valence electrons. The topological polar surface area (TPSA) is 27.8 Å². The van der Waals surface area contributed by atoms with E-state index in [1.807, 2.05) is 6.20 Å². The lowest BCUT2D eigenvalue weighted by molar-refractivity contribution is 0.419. The summed E-state index contributed by atoms with van der Waals surface area (Å²) < 4.78 is 0. The van der Waals surface area contributed by atoms with Gasteiger partial charge in [-0.15, -0.1) is 0 Å². The van der Waals surface area contributed by atoms with Crippen LogP contribution in [0.3, 0.4) is 0 Å². The smallest absolute Gasteiger partial charge is 0.00965 e. The molecule has 0 radical (unpaired) electrons. The molecular formula is C12H22N2. The van der Waals surface area contributed by atoms with Crippen LogP contribution in [0.4, 0.5) is 0 Å². The van der Waals surface area contributed by atoms with Gasteiger partial charge in [-0.3, -0.25) is 0 Å². The summed E-state index contributed by atoms with van der Waals surface area (Å²) in [7, 11) is 0. The van der Waals surface area contributed by atoms with Gasteiger partial charge in [0.15, 0.2) is 0 Å². The van der Waals surface area contributed by atoms with Crippen LogP contribution in [0.2, 0.25) is 0 Å². The first-order valence-corrected chi connectivity index (χ1v) is 5.45. The second kappa shape index (κ2) is 5.20. The second-order valence-electron chi connectivity index (χ2n) is 4.85. The first kappa shape index (κ1) is 11.3. The largest absolute Gasteiger partial charge is 0.367 e. The first-order chi connectivity index (χ1) is 6.58. The molecule has 0 fully saturated rings. The summed E-state index contributed by atoms with van der Waals surface area (Å²) in [6, 6.07) is 2.15. The summed E-state index contributed by atoms with van der Waals surface area (Å²) in [5.41, 5.74) is 1.68. The van der Waals surface area contributed by atoms with E-state index >= 15 is 0 Å². The van der Waals surface area contributed by atoms with Crippen LogP contribution in [0.25, 0.3) is 0 Å². The van der Waals surface area contributed by atoms with Gasteiger partial charge in [-0.05, 0) is 58.2 Å². The minimum absolute atomic E-state index is 0.258. The molecule has 0 aliphatic rings. The van der Waals surface area contributed by atoms with Gasteiger partial charge in [0, 0.05) is 17.9 Å². The molecule has 0 amide bonds. The van der Waals surface area contributed by atoms with Crippen LogP contribution in [-0.4, -0.2) is 17.1 Å². The lowest BCUT2D eigenvalue weighted by Crippen LogP contribution is -2.36. The molecule has 2 heteroatoms. The highest BCUT2D eigenvalue weighted by Gasteiger charge is 2.06. The average Bonchev–Trinajstić information content (AvgIpc) is 2.54. The quantitative estimate of drug-likeness (QED) is 0.693. The van der Waals surface area contributed by atoms with E-state index in [1.54, 1.807) is 0 Å². The molecule has 1 heterocycles. The summed E-state index contributed by atoms with van der Waals surface area (Å²) in [6.07, 6.45) is 7.78. The highest BCUT2D eigenvalue weighted by Crippen LogP contribution is 2.04. The van der Waals surface area contributed by atoms with Crippen molar-refractivity contribution in [2.24, 2.45) is 0 Å². The van der Waals surface area contributed by atoms with Crippen molar-refractivity contribution in [2.75, 3.05) is 6.54 Å². The highest BCUT2D eigenvalue weighted by atomic mass is 14.9. The third-order valence-corrected chi connectivity index (χ3v) is 2.21. The molecule has 1 rings (SSSR count). The van der Waals surface area contributed by atoms with Gasteiger partial charge in [0.1, 0.15) is 0 Å². The number of hydrogen-bond acceptors (Lipinski definition) is 1. The number of nitrogens with one attached hydrogen (secondary N) is 2. The molecule has 0 unspecified atom stereocenters. The van der Waals surface area contributed by atoms with Crippen LogP contribution in [0.15, 0.2) is 18.5 Å². The molecule has 1 aromatic heterocycles. The molecule has 14 heavy (non-hydrogen) atoms. The molecule has 0 spiro atoms. The molecule has 2 nitrogen and oxygen atoms in total. The number of H-pyrrole nitrogens is 1. The monoisotopic (exact) mass is 194 g/mol. The van der Waals surface area contributed by atoms with Gasteiger partial charge in [0.2, 0.25) is 0 Å². The van der Waals surface area contributed by atoms with Gasteiger partial charge in [-0.2, -0.15) is 0 Å². The van der Waals surface area contributed by atoms with E-state index in [0.29, 0.717) is 0 Å². The summed E-state index contributed by atoms with van der Waals surface area (Å²) in [5, 5.41) is 3.49. The predicted molar refractivity (Wildman–Crippen MR) is 61.5 cm³/mol. The Morgan fingerprint density at radius 1 is 1.29 bits per heavy atom. The SMILES string of the molecule is CC(C)(C)NCCCCc1cc[nH]c1. The Morgan fingerprint density at radius 2 is 2.07 bits per heavy atom. The fourth-order valence-corrected chi connectivity index (χ4v) is 1.43. The summed E-state index contributed by atoms with van der Waals surface area (Å²) >= 11 is 0. The van der Waals surface area contributed by atoms with Crippen molar-refractivity contribution in [3.63, 3.8) is 0 Å². The zero-order valence-electron chi connectivity index (χ0n) is 9.56. The standard InChI is InChI=1S/C12H22N2/c1-12(2,3)14-8-5-4-6-11-7-9-13-10-11/h7,9-10,13-14H,4-6,8H2,1-3H3. The molecule has 0 aromatic carbocycles. The van der Waals surface area contributed by atoms with Crippen molar-refractivity contribution >= 4 is 0 Å². The maximum atomic E-state index is 3.49. The first-order valence-electron chi connectivity index (χ1n) is 5.45. The van der Waals surface area contributed by atoms with Crippen molar-refractivity contribution in [3.05, 3.63) is 24.0 Å². The van der Waals surface area contributed by atoms with E-state index in [-0.39, 0.29) is 5.54 Å². The van der Waals surface area contributed by atoms with Crippen molar-refractivity contribution < 1.29 is 0 Å². The maximum Gasteiger partial charge on any atom is 0.00965 e. The van der Waals surface area contributed by atoms with Crippen LogP contribution in [0.1, 0.15) is 39.2 Å². The average molecular weight is 194 g/mol. The zero-order chi connectivity index (χ0) is 10.4. The Balaban J connectivity index is 2.00. The molecule has 2 N–H and O–H groups in total. The lowest BCUT2D eigenvalue weighted by Gasteiger charge is -2.20. The number of aryl methyl sites for hydroxylation is 1. The second-order valence-corrected chi connectivity index (χ2v) is 4.85. The van der Waals surface area contributed by atoms with Crippen molar-refractivity contribution in [3.8, 4) is 0 Å². The fraction of sp³-hybridized carbons (Fsp3) is 0.667. The maximum absolute atomic E-state index is 3.49. The molecule has 0 saturated carbocycles. The summed E-state index contributed by atoms with van der Waals surface area (Å²) in [6.45, 7) is 7.74. The van der Waals surface area contributed by atoms with Crippen molar-refractivity contribution in [1.82, 2.24) is 10.3 Å². The molecule has 0 atom stereocenters. The minimum atomic E-state index is 0.258. The van der Waals surface area contributed by atoms with Crippen LogP contribution in [0.5, 0.6) is 0 Å². The lowest BCUT2D eigenvalue weighted by atomic mass is 10.1. The molecular weight excluding hydrogens is 172 g/mol. The Hall–Kier alpha value is -0.760. The number of hydrogen-bond donors (Lipinski definition) is 2. The van der Waals surface area contributed by atoms with E-state index in [1.165, 1.54) is 24.8 Å². The number of rotatable bonds is 5. The van der Waals surface area contributed by atoms with E-state index < -0.39 is 0 Å². The van der Waals surface area contributed by atoms with Gasteiger partial charge in [-0.1, -0.05) is 0 Å². The fourth-order valence-electron chi connectivity index (χ4n) is 1.43. The van der Waals surface area contributed by atoms with Gasteiger partial charge in [0.25, 0.3) is 0 Å². The minimum Gasteiger partial charge on any atom is -0.367 e. The normalized spacial score (nSPS) is 11.9. The van der Waals surface area contributed by atoms with Crippen molar-refractivity contribution in [1.29, 1.82) is 0 Å². The van der Waals surface area contributed by atoms with Crippen molar-refractivity contribution in [2.45, 2.75) is 45.6 Å². The third kappa shape index (κ3) is 5.07. The Kier molecular flexibility index (Phi) is 4.21. The van der Waals surface area contributed by atoms with Crippen LogP contribution < -0.4 is 5.32 Å². The van der Waals surface area contributed by atoms with Crippen LogP contribution in [0, 0.1) is 0 Å². The highest BCUT2D eigenvalue weighted by molar-refractivity contribution is 5.07. The van der Waals surface area contributed by atoms with Gasteiger partial charge >= 0.3 is 0 Å². The van der Waals surface area contributed by atoms with Crippen LogP contribution in [-0.2, 0) is 6.42 Å². The molecule has 1 aromatic rings. The van der Waals surface area contributed by atoms with E-state index in [4.69, 9.17) is 0 Å². The summed E-state index contributed by atoms with van der Waals surface area (Å²) in [4.78, 5) is 3.08. The van der Waals surface area contributed by atoms with Gasteiger partial charge in [0.05, 0.1) is 0 Å². The van der Waals surface area contributed by atoms with Crippen LogP contribution >= 0.6 is 0 Å². The number of unbranched alkanes of at least 4 members (excludes halogenated alkanes) is 1. The van der Waals surface area contributed by atoms with Gasteiger partial charge in [-0.25, -0.2) is 0 Å². The van der Waals surface area contributed by atoms with E-state index in [9.17, 15) is 0 Å². The summed E-state index contributed by atoms with van der Waals surface area (Å²) in [5.74, 6) is 0. The Bertz CT molecular complexity index is 231. The third-order valence-electron chi connectivity index (χ3n) is 2.21. The van der Waals surface area contributed by atoms with E-state index in [0.717, 1.165) is 6.54 Å². The Labute approximate surface area is 87.1 Å². The van der Waals surface area contributed by atoms with Gasteiger partial charge < -0.3 is 10.3 Å². The zero-order valence-corrected chi connectivity index (χ0v) is 9.56. The number of aromatic amines is 1. The molecule has 0 bridgehead atoms. The molecule has 0 aliphatic heterocycles. The number of aromatic nitrogens is 1. The van der Waals surface area contributed by atoms with E-state index in [2.05, 4.69) is 43.3 Å².